The molecule has 0 aromatic heterocycles. The Kier molecular flexibility index (Phi) is 17.5. The zero-order chi connectivity index (χ0) is 37.2. The molecule has 1 aromatic carbocycles. The third-order valence-corrected chi connectivity index (χ3v) is 8.04. The Labute approximate surface area is 291 Å². The number of benzene rings is 1. The molecule has 2 atom stereocenters. The van der Waals surface area contributed by atoms with Crippen molar-refractivity contribution in [2.45, 2.75) is 91.2 Å². The molecule has 0 radical (unpaired) electrons. The van der Waals surface area contributed by atoms with E-state index in [4.69, 9.17) is 10.5 Å². The largest absolute Gasteiger partial charge is 0.485 e. The molecular weight excluding hydrogens is 650 g/mol. The number of carbonyl (C=O) groups is 8. The lowest BCUT2D eigenvalue weighted by Gasteiger charge is -2.23. The average molecular weight is 700 g/mol. The second-order valence-electron chi connectivity index (χ2n) is 12.5. The zero-order valence-electron chi connectivity index (χ0n) is 29.0. The summed E-state index contributed by atoms with van der Waals surface area (Å²) >= 11 is 0. The minimum absolute atomic E-state index is 0.0507. The topological polar surface area (TPSA) is 231 Å². The Morgan fingerprint density at radius 1 is 0.920 bits per heavy atom. The molecule has 6 amide bonds. The first-order chi connectivity index (χ1) is 23.7. The Morgan fingerprint density at radius 2 is 1.58 bits per heavy atom. The summed E-state index contributed by atoms with van der Waals surface area (Å²) in [6, 6.07) is 3.08. The summed E-state index contributed by atoms with van der Waals surface area (Å²) in [6.45, 7) is 4.47. The Morgan fingerprint density at radius 3 is 2.18 bits per heavy atom. The van der Waals surface area contributed by atoms with Gasteiger partial charge in [-0.25, -0.2) is 4.79 Å². The second kappa shape index (κ2) is 21.2. The van der Waals surface area contributed by atoms with Crippen LogP contribution in [-0.2, 0) is 40.2 Å². The number of hydrogen-bond donors (Lipinski definition) is 5. The fourth-order valence-electron chi connectivity index (χ4n) is 5.30. The number of Topliss-reactive ketones (excluding diaryl/α,β-unsaturated/α-hetero) is 3. The van der Waals surface area contributed by atoms with E-state index in [9.17, 15) is 43.5 Å². The number of unbranched alkanes of at least 4 members (excludes halogenated alkanes) is 2. The van der Waals surface area contributed by atoms with Gasteiger partial charge in [0, 0.05) is 81.1 Å². The number of nitrogens with two attached hydrogens (primary N) is 1. The molecule has 2 rings (SSSR count). The molecule has 1 aliphatic heterocycles. The van der Waals surface area contributed by atoms with E-state index in [1.807, 2.05) is 0 Å². The normalized spacial score (nSPS) is 13.6. The van der Waals surface area contributed by atoms with Crippen molar-refractivity contribution in [1.82, 2.24) is 15.5 Å². The maximum absolute atomic E-state index is 13.4. The molecule has 1 aromatic rings. The number of ether oxygens (including phenoxy) is 1. The third kappa shape index (κ3) is 14.7. The minimum atomic E-state index is -0.804. The van der Waals surface area contributed by atoms with E-state index in [2.05, 4.69) is 16.0 Å². The van der Waals surface area contributed by atoms with Crippen molar-refractivity contribution in [1.29, 1.82) is 0 Å². The number of anilines is 1. The minimum Gasteiger partial charge on any atom is -0.485 e. The first-order valence-electron chi connectivity index (χ1n) is 16.8. The average Bonchev–Trinajstić information content (AvgIpc) is 3.38. The van der Waals surface area contributed by atoms with E-state index in [1.165, 1.54) is 25.1 Å². The van der Waals surface area contributed by atoms with Gasteiger partial charge in [0.2, 0.25) is 11.8 Å². The first kappa shape index (κ1) is 41.3. The number of rotatable bonds is 24. The van der Waals surface area contributed by atoms with Gasteiger partial charge in [-0.2, -0.15) is 0 Å². The Balaban J connectivity index is 1.91. The van der Waals surface area contributed by atoms with Crippen LogP contribution in [0.2, 0.25) is 0 Å². The van der Waals surface area contributed by atoms with E-state index in [1.54, 1.807) is 26.0 Å². The molecule has 50 heavy (non-hydrogen) atoms. The molecule has 0 fully saturated rings. The van der Waals surface area contributed by atoms with Gasteiger partial charge in [0.15, 0.2) is 11.6 Å². The molecule has 15 heteroatoms. The maximum Gasteiger partial charge on any atom is 0.312 e. The highest BCUT2D eigenvalue weighted by Gasteiger charge is 2.29. The highest BCUT2D eigenvalue weighted by Crippen LogP contribution is 2.26. The van der Waals surface area contributed by atoms with Crippen molar-refractivity contribution in [2.24, 2.45) is 17.6 Å². The quantitative estimate of drug-likeness (QED) is 0.0779. The fourth-order valence-corrected chi connectivity index (χ4v) is 5.30. The number of amides is 6. The summed E-state index contributed by atoms with van der Waals surface area (Å²) in [6.07, 6.45) is 5.06. The number of nitrogens with zero attached hydrogens (tertiary/aromatic N) is 1. The van der Waals surface area contributed by atoms with E-state index < -0.39 is 35.7 Å². The van der Waals surface area contributed by atoms with Gasteiger partial charge in [-0.1, -0.05) is 26.3 Å². The zero-order valence-corrected chi connectivity index (χ0v) is 29.0. The van der Waals surface area contributed by atoms with Crippen molar-refractivity contribution in [3.8, 4) is 5.75 Å². The molecule has 0 aliphatic carbocycles. The van der Waals surface area contributed by atoms with Crippen LogP contribution < -0.4 is 26.4 Å². The number of primary amides is 1. The van der Waals surface area contributed by atoms with Crippen LogP contribution in [0.3, 0.4) is 0 Å². The van der Waals surface area contributed by atoms with E-state index in [-0.39, 0.29) is 93.3 Å². The van der Waals surface area contributed by atoms with Crippen molar-refractivity contribution >= 4 is 52.7 Å². The second-order valence-corrected chi connectivity index (χ2v) is 12.5. The lowest BCUT2D eigenvalue weighted by atomic mass is 9.89. The number of carbonyl (C=O) groups excluding carboxylic acids is 8. The van der Waals surface area contributed by atoms with Crippen LogP contribution in [0, 0.1) is 11.8 Å². The molecule has 6 N–H and O–H groups in total. The van der Waals surface area contributed by atoms with Crippen molar-refractivity contribution < 1.29 is 48.2 Å². The van der Waals surface area contributed by atoms with Crippen LogP contribution in [0.25, 0.3) is 0 Å². The smallest absolute Gasteiger partial charge is 0.312 e. The highest BCUT2D eigenvalue weighted by atomic mass is 16.5. The molecule has 0 saturated carbocycles. The van der Waals surface area contributed by atoms with Crippen LogP contribution in [0.5, 0.6) is 5.75 Å². The summed E-state index contributed by atoms with van der Waals surface area (Å²) in [5.41, 5.74) is 5.83. The lowest BCUT2D eigenvalue weighted by Crippen LogP contribution is -2.44. The molecule has 274 valence electrons. The molecule has 1 heterocycles. The summed E-state index contributed by atoms with van der Waals surface area (Å²) in [5.74, 6) is -3.09. The van der Waals surface area contributed by atoms with Gasteiger partial charge in [-0.15, -0.1) is 0 Å². The number of ketones is 3. The number of hydrogen-bond acceptors (Lipinski definition) is 10. The van der Waals surface area contributed by atoms with Gasteiger partial charge in [0.25, 0.3) is 11.8 Å². The van der Waals surface area contributed by atoms with Gasteiger partial charge >= 0.3 is 6.03 Å². The van der Waals surface area contributed by atoms with Gasteiger partial charge < -0.3 is 31.5 Å². The van der Waals surface area contributed by atoms with Crippen molar-refractivity contribution in [3.63, 3.8) is 0 Å². The predicted octanol–water partition coefficient (Wildman–Crippen LogP) is 2.08. The van der Waals surface area contributed by atoms with Gasteiger partial charge in [-0.05, 0) is 37.7 Å². The first-order valence-corrected chi connectivity index (χ1v) is 16.8. The van der Waals surface area contributed by atoms with Gasteiger partial charge in [-0.3, -0.25) is 38.5 Å². The monoisotopic (exact) mass is 699 g/mol. The van der Waals surface area contributed by atoms with E-state index >= 15 is 0 Å². The number of aliphatic hydroxyl groups excluding tert-OH is 1. The maximum atomic E-state index is 13.4. The Bertz CT molecular complexity index is 1420. The molecule has 15 nitrogen and oxygen atoms in total. The van der Waals surface area contributed by atoms with Gasteiger partial charge in [0.05, 0.1) is 12.6 Å². The van der Waals surface area contributed by atoms with Crippen LogP contribution in [-0.4, -0.2) is 82.8 Å². The fraction of sp³-hybridized carbons (Fsp3) is 0.543. The van der Waals surface area contributed by atoms with Crippen LogP contribution in [0.4, 0.5) is 10.5 Å². The number of nitrogens with one attached hydrogen (secondary N) is 3. The standard InChI is InChI=1S/C35H49N5O10/c1-22(2)33(38-23(3)42)29(45)18-24(8-7-16-37-35(36)49)34(48)39-26-12-11-25(20-41)30(19-26)50-21-28(44)10-6-4-5-9-27(43)15-17-40-31(46)13-14-32(40)47/h11-14,19,22,24,33,41H,4-10,15-18,20-21H2,1-3H3,(H,38,42)(H,39,48)(H3,36,37,49)/t24-,33+/m1/s1. The van der Waals surface area contributed by atoms with E-state index in [0.717, 1.165) is 4.90 Å². The van der Waals surface area contributed by atoms with Gasteiger partial charge in [0.1, 0.15) is 18.1 Å². The molecule has 0 bridgehead atoms. The summed E-state index contributed by atoms with van der Waals surface area (Å²) in [4.78, 5) is 98.1. The SMILES string of the molecule is CC(=O)N[C@H](C(=O)C[C@@H](CCCNC(N)=O)C(=O)Nc1ccc(CO)c(OCC(=O)CCCCCC(=O)CCN2C(=O)C=CC2=O)c1)C(C)C. The molecule has 0 unspecified atom stereocenters. The molecule has 0 spiro atoms. The lowest BCUT2D eigenvalue weighted by molar-refractivity contribution is -0.137. The molecule has 1 aliphatic rings. The highest BCUT2D eigenvalue weighted by molar-refractivity contribution is 6.13. The van der Waals surface area contributed by atoms with E-state index in [0.29, 0.717) is 36.9 Å². The number of urea groups is 1. The van der Waals surface area contributed by atoms with Crippen LogP contribution in [0.15, 0.2) is 30.4 Å². The van der Waals surface area contributed by atoms with Crippen LogP contribution >= 0.6 is 0 Å². The van der Waals surface area contributed by atoms with Crippen molar-refractivity contribution in [3.05, 3.63) is 35.9 Å². The Hall–Kier alpha value is -4.92. The number of imide groups is 1. The van der Waals surface area contributed by atoms with Crippen LogP contribution in [0.1, 0.15) is 84.1 Å². The number of aliphatic hydroxyl groups is 1. The summed E-state index contributed by atoms with van der Waals surface area (Å²) in [7, 11) is 0. The summed E-state index contributed by atoms with van der Waals surface area (Å²) < 4.78 is 5.70. The third-order valence-electron chi connectivity index (χ3n) is 8.04. The molecule has 0 saturated heterocycles. The summed E-state index contributed by atoms with van der Waals surface area (Å²) in [5, 5.41) is 17.7. The predicted molar refractivity (Wildman–Crippen MR) is 182 cm³/mol. The molecular formula is C35H49N5O10. The van der Waals surface area contributed by atoms with Crippen molar-refractivity contribution in [2.75, 3.05) is 25.0 Å².